The first-order chi connectivity index (χ1) is 10.2. The third kappa shape index (κ3) is 3.03. The highest BCUT2D eigenvalue weighted by atomic mass is 16.5. The van der Waals surface area contributed by atoms with Crippen LogP contribution in [0.4, 0.5) is 5.69 Å². The first kappa shape index (κ1) is 14.0. The Balaban J connectivity index is 1.68. The van der Waals surface area contributed by atoms with E-state index in [0.29, 0.717) is 6.54 Å². The number of likely N-dealkylation sites (N-methyl/N-ethyl adjacent to an activating group) is 1. The minimum atomic E-state index is 0.216. The van der Waals surface area contributed by atoms with Gasteiger partial charge in [-0.1, -0.05) is 29.8 Å². The fourth-order valence-corrected chi connectivity index (χ4v) is 2.88. The van der Waals surface area contributed by atoms with Crippen molar-refractivity contribution in [1.29, 1.82) is 0 Å². The van der Waals surface area contributed by atoms with Crippen LogP contribution in [0.5, 0.6) is 5.75 Å². The van der Waals surface area contributed by atoms with Gasteiger partial charge in [0.25, 0.3) is 0 Å². The van der Waals surface area contributed by atoms with E-state index in [2.05, 4.69) is 61.3 Å². The molecule has 0 bridgehead atoms. The van der Waals surface area contributed by atoms with Crippen LogP contribution in [0.25, 0.3) is 0 Å². The predicted molar refractivity (Wildman–Crippen MR) is 86.9 cm³/mol. The van der Waals surface area contributed by atoms with E-state index in [1.165, 1.54) is 16.8 Å². The van der Waals surface area contributed by atoms with Gasteiger partial charge in [-0.2, -0.15) is 0 Å². The Morgan fingerprint density at radius 3 is 2.90 bits per heavy atom. The minimum Gasteiger partial charge on any atom is -0.488 e. The Morgan fingerprint density at radius 1 is 1.24 bits per heavy atom. The number of rotatable bonds is 4. The topological polar surface area (TPSA) is 38.5 Å². The summed E-state index contributed by atoms with van der Waals surface area (Å²) in [5, 5.41) is 0. The molecule has 3 heteroatoms. The van der Waals surface area contributed by atoms with Gasteiger partial charge in [0.2, 0.25) is 0 Å². The molecule has 3 rings (SSSR count). The molecule has 3 nitrogen and oxygen atoms in total. The molecule has 1 atom stereocenters. The number of aryl methyl sites for hydroxylation is 1. The standard InChI is InChI=1S/C18H22N2O/c1-13-6-7-18-15(8-13)10-17(21-18)12-20(2)16-5-3-4-14(9-16)11-19/h3-9,17H,10-12,19H2,1-2H3. The quantitative estimate of drug-likeness (QED) is 0.937. The van der Waals surface area contributed by atoms with E-state index < -0.39 is 0 Å². The van der Waals surface area contributed by atoms with Gasteiger partial charge in [-0.3, -0.25) is 0 Å². The molecule has 1 unspecified atom stereocenters. The summed E-state index contributed by atoms with van der Waals surface area (Å²) in [4.78, 5) is 2.24. The average molecular weight is 282 g/mol. The zero-order valence-corrected chi connectivity index (χ0v) is 12.7. The number of nitrogens with two attached hydrogens (primary N) is 1. The van der Waals surface area contributed by atoms with Crippen molar-refractivity contribution in [2.75, 3.05) is 18.5 Å². The van der Waals surface area contributed by atoms with Crippen molar-refractivity contribution < 1.29 is 4.74 Å². The molecular weight excluding hydrogens is 260 g/mol. The number of anilines is 1. The zero-order chi connectivity index (χ0) is 14.8. The van der Waals surface area contributed by atoms with E-state index in [4.69, 9.17) is 10.5 Å². The summed E-state index contributed by atoms with van der Waals surface area (Å²) in [5.41, 5.74) is 10.7. The van der Waals surface area contributed by atoms with Gasteiger partial charge in [-0.25, -0.2) is 0 Å². The number of ether oxygens (including phenoxy) is 1. The third-order valence-corrected chi connectivity index (χ3v) is 4.02. The molecule has 0 aromatic heterocycles. The van der Waals surface area contributed by atoms with Gasteiger partial charge < -0.3 is 15.4 Å². The fourth-order valence-electron chi connectivity index (χ4n) is 2.88. The van der Waals surface area contributed by atoms with Gasteiger partial charge in [0.15, 0.2) is 0 Å². The molecule has 0 fully saturated rings. The van der Waals surface area contributed by atoms with Crippen molar-refractivity contribution in [3.05, 3.63) is 59.2 Å². The Bertz CT molecular complexity index is 639. The van der Waals surface area contributed by atoms with Crippen molar-refractivity contribution in [1.82, 2.24) is 0 Å². The van der Waals surface area contributed by atoms with Crippen molar-refractivity contribution in [3.8, 4) is 5.75 Å². The van der Waals surface area contributed by atoms with Gasteiger partial charge in [0.1, 0.15) is 11.9 Å². The van der Waals surface area contributed by atoms with Crippen molar-refractivity contribution in [2.45, 2.75) is 26.0 Å². The maximum atomic E-state index is 6.04. The Morgan fingerprint density at radius 2 is 2.10 bits per heavy atom. The monoisotopic (exact) mass is 282 g/mol. The lowest BCUT2D eigenvalue weighted by molar-refractivity contribution is 0.239. The number of hydrogen-bond donors (Lipinski definition) is 1. The highest BCUT2D eigenvalue weighted by molar-refractivity contribution is 5.48. The van der Waals surface area contributed by atoms with Gasteiger partial charge >= 0.3 is 0 Å². The molecule has 1 heterocycles. The van der Waals surface area contributed by atoms with Gasteiger partial charge in [-0.05, 0) is 36.2 Å². The molecule has 0 saturated heterocycles. The Kier molecular flexibility index (Phi) is 3.84. The lowest BCUT2D eigenvalue weighted by atomic mass is 10.1. The van der Waals surface area contributed by atoms with E-state index in [9.17, 15) is 0 Å². The molecule has 0 saturated carbocycles. The molecule has 0 spiro atoms. The average Bonchev–Trinajstić information content (AvgIpc) is 2.88. The number of nitrogens with zero attached hydrogens (tertiary/aromatic N) is 1. The van der Waals surface area contributed by atoms with Crippen LogP contribution in [-0.2, 0) is 13.0 Å². The molecule has 1 aliphatic rings. The van der Waals surface area contributed by atoms with E-state index in [1.807, 2.05) is 0 Å². The van der Waals surface area contributed by atoms with E-state index in [0.717, 1.165) is 24.3 Å². The largest absolute Gasteiger partial charge is 0.488 e. The second-order valence-corrected chi connectivity index (χ2v) is 5.81. The van der Waals surface area contributed by atoms with Crippen molar-refractivity contribution in [3.63, 3.8) is 0 Å². The molecule has 0 amide bonds. The number of hydrogen-bond acceptors (Lipinski definition) is 3. The normalized spacial score (nSPS) is 16.4. The Hall–Kier alpha value is -2.00. The zero-order valence-electron chi connectivity index (χ0n) is 12.7. The lowest BCUT2D eigenvalue weighted by Crippen LogP contribution is -2.32. The summed E-state index contributed by atoms with van der Waals surface area (Å²) in [5.74, 6) is 1.04. The third-order valence-electron chi connectivity index (χ3n) is 4.02. The smallest absolute Gasteiger partial charge is 0.123 e. The van der Waals surface area contributed by atoms with Crippen LogP contribution < -0.4 is 15.4 Å². The van der Waals surface area contributed by atoms with E-state index in [-0.39, 0.29) is 6.10 Å². The number of fused-ring (bicyclic) bond motifs is 1. The van der Waals surface area contributed by atoms with E-state index >= 15 is 0 Å². The van der Waals surface area contributed by atoms with Crippen LogP contribution >= 0.6 is 0 Å². The van der Waals surface area contributed by atoms with Gasteiger partial charge in [0, 0.05) is 25.7 Å². The molecule has 2 aromatic carbocycles. The summed E-state index contributed by atoms with van der Waals surface area (Å²) in [7, 11) is 2.10. The number of benzene rings is 2. The second-order valence-electron chi connectivity index (χ2n) is 5.81. The second kappa shape index (κ2) is 5.78. The lowest BCUT2D eigenvalue weighted by Gasteiger charge is -2.23. The minimum absolute atomic E-state index is 0.216. The van der Waals surface area contributed by atoms with Crippen LogP contribution in [0.1, 0.15) is 16.7 Å². The molecule has 0 aliphatic carbocycles. The summed E-state index contributed by atoms with van der Waals surface area (Å²) in [6.45, 7) is 3.58. The summed E-state index contributed by atoms with van der Waals surface area (Å²) in [6.07, 6.45) is 1.20. The maximum Gasteiger partial charge on any atom is 0.123 e. The van der Waals surface area contributed by atoms with Crippen molar-refractivity contribution in [2.24, 2.45) is 5.73 Å². The van der Waals surface area contributed by atoms with Crippen molar-refractivity contribution >= 4 is 5.69 Å². The molecule has 2 aromatic rings. The summed E-state index contributed by atoms with van der Waals surface area (Å²) >= 11 is 0. The molecule has 0 radical (unpaired) electrons. The SMILES string of the molecule is Cc1ccc2c(c1)CC(CN(C)c1cccc(CN)c1)O2. The molecule has 110 valence electrons. The molecular formula is C18H22N2O. The van der Waals surface area contributed by atoms with Crippen LogP contribution in [-0.4, -0.2) is 19.7 Å². The molecule has 2 N–H and O–H groups in total. The summed E-state index contributed by atoms with van der Waals surface area (Å²) in [6, 6.07) is 14.8. The van der Waals surface area contributed by atoms with Crippen LogP contribution in [0.3, 0.4) is 0 Å². The first-order valence-electron chi connectivity index (χ1n) is 7.42. The van der Waals surface area contributed by atoms with E-state index in [1.54, 1.807) is 0 Å². The fraction of sp³-hybridized carbons (Fsp3) is 0.333. The van der Waals surface area contributed by atoms with Gasteiger partial charge in [-0.15, -0.1) is 0 Å². The highest BCUT2D eigenvalue weighted by Gasteiger charge is 2.24. The van der Waals surface area contributed by atoms with Crippen LogP contribution in [0, 0.1) is 6.92 Å². The predicted octanol–water partition coefficient (Wildman–Crippen LogP) is 2.89. The van der Waals surface area contributed by atoms with Crippen LogP contribution in [0.2, 0.25) is 0 Å². The maximum absolute atomic E-state index is 6.04. The highest BCUT2D eigenvalue weighted by Crippen LogP contribution is 2.30. The van der Waals surface area contributed by atoms with Gasteiger partial charge in [0.05, 0.1) is 6.54 Å². The first-order valence-corrected chi connectivity index (χ1v) is 7.42. The Labute approximate surface area is 126 Å². The van der Waals surface area contributed by atoms with Crippen LogP contribution in [0.15, 0.2) is 42.5 Å². The summed E-state index contributed by atoms with van der Waals surface area (Å²) < 4.78 is 6.04. The molecule has 1 aliphatic heterocycles. The molecule has 21 heavy (non-hydrogen) atoms.